The lowest BCUT2D eigenvalue weighted by Gasteiger charge is -2.25. The fraction of sp³-hybridized carbons (Fsp3) is 0.206. The number of aliphatic hydroxyl groups excluding tert-OH is 1. The fourth-order valence-corrected chi connectivity index (χ4v) is 5.00. The van der Waals surface area contributed by atoms with Crippen molar-refractivity contribution in [3.8, 4) is 11.5 Å². The van der Waals surface area contributed by atoms with Crippen LogP contribution in [0.4, 0.5) is 0 Å². The summed E-state index contributed by atoms with van der Waals surface area (Å²) in [6, 6.07) is 21.3. The lowest BCUT2D eigenvalue weighted by molar-refractivity contribution is -0.139. The van der Waals surface area contributed by atoms with E-state index < -0.39 is 17.7 Å². The zero-order chi connectivity index (χ0) is 29.5. The van der Waals surface area contributed by atoms with Crippen LogP contribution in [0.1, 0.15) is 34.7 Å². The molecule has 0 aliphatic carbocycles. The number of carbonyl (C=O) groups is 2. The van der Waals surface area contributed by atoms with Crippen molar-refractivity contribution in [2.45, 2.75) is 32.5 Å². The third-order valence-electron chi connectivity index (χ3n) is 7.26. The maximum absolute atomic E-state index is 13.4. The van der Waals surface area contributed by atoms with E-state index in [9.17, 15) is 14.7 Å². The van der Waals surface area contributed by atoms with Gasteiger partial charge in [-0.25, -0.2) is 4.98 Å². The number of nitrogens with zero attached hydrogens (tertiary/aromatic N) is 3. The second-order valence-electron chi connectivity index (χ2n) is 10.1. The van der Waals surface area contributed by atoms with E-state index >= 15 is 0 Å². The first-order valence-corrected chi connectivity index (χ1v) is 13.8. The molecule has 1 amide bonds. The molecule has 8 nitrogen and oxygen atoms in total. The monoisotopic (exact) mass is 563 g/mol. The van der Waals surface area contributed by atoms with E-state index in [1.54, 1.807) is 55.0 Å². The van der Waals surface area contributed by atoms with Crippen molar-refractivity contribution >= 4 is 17.4 Å². The van der Waals surface area contributed by atoms with Crippen molar-refractivity contribution in [2.75, 3.05) is 13.2 Å². The summed E-state index contributed by atoms with van der Waals surface area (Å²) in [7, 11) is 0. The molecule has 0 radical (unpaired) electrons. The average molecular weight is 564 g/mol. The van der Waals surface area contributed by atoms with Gasteiger partial charge in [-0.1, -0.05) is 49.1 Å². The van der Waals surface area contributed by atoms with Gasteiger partial charge in [-0.2, -0.15) is 0 Å². The lowest BCUT2D eigenvalue weighted by Crippen LogP contribution is -2.31. The average Bonchev–Trinajstić information content (AvgIpc) is 3.62. The van der Waals surface area contributed by atoms with Gasteiger partial charge in [0, 0.05) is 31.0 Å². The molecule has 1 aliphatic rings. The van der Waals surface area contributed by atoms with Crippen molar-refractivity contribution in [2.24, 2.45) is 0 Å². The van der Waals surface area contributed by atoms with Crippen molar-refractivity contribution in [1.29, 1.82) is 0 Å². The van der Waals surface area contributed by atoms with Crippen LogP contribution in [0.25, 0.3) is 5.76 Å². The minimum atomic E-state index is -0.752. The number of aromatic nitrogens is 2. The number of aryl methyl sites for hydroxylation is 2. The fourth-order valence-electron chi connectivity index (χ4n) is 5.00. The Bertz CT molecular complexity index is 1570. The molecule has 8 heteroatoms. The van der Waals surface area contributed by atoms with Gasteiger partial charge < -0.3 is 24.0 Å². The number of benzene rings is 3. The van der Waals surface area contributed by atoms with Gasteiger partial charge in [0.1, 0.15) is 30.5 Å². The number of likely N-dealkylation sites (tertiary alicyclic amines) is 1. The smallest absolute Gasteiger partial charge is 0.295 e. The highest BCUT2D eigenvalue weighted by Gasteiger charge is 2.45. The van der Waals surface area contributed by atoms with Gasteiger partial charge in [0.2, 0.25) is 0 Å². The number of hydrogen-bond acceptors (Lipinski definition) is 6. The van der Waals surface area contributed by atoms with E-state index in [2.05, 4.69) is 11.6 Å². The minimum Gasteiger partial charge on any atom is -0.507 e. The van der Waals surface area contributed by atoms with Crippen LogP contribution in [0.3, 0.4) is 0 Å². The summed E-state index contributed by atoms with van der Waals surface area (Å²) in [4.78, 5) is 32.3. The van der Waals surface area contributed by atoms with Crippen molar-refractivity contribution in [1.82, 2.24) is 14.5 Å². The van der Waals surface area contributed by atoms with Gasteiger partial charge in [-0.3, -0.25) is 9.59 Å². The predicted octanol–water partition coefficient (Wildman–Crippen LogP) is 5.85. The van der Waals surface area contributed by atoms with Gasteiger partial charge in [0.05, 0.1) is 17.9 Å². The molecule has 1 aliphatic heterocycles. The molecule has 42 heavy (non-hydrogen) atoms. The third kappa shape index (κ3) is 6.28. The SMILES string of the molecule is C=CCOc1ccc(C2/C(=C(\O)c3ccc(OCc4ccccc4C)cc3)C(=O)C(=O)N2CCCn2ccnc2)cc1. The number of carbonyl (C=O) groups excluding carboxylic acids is 2. The van der Waals surface area contributed by atoms with E-state index in [0.29, 0.717) is 55.4 Å². The number of imidazole rings is 1. The van der Waals surface area contributed by atoms with Gasteiger partial charge in [-0.15, -0.1) is 0 Å². The third-order valence-corrected chi connectivity index (χ3v) is 7.26. The number of aliphatic hydroxyl groups is 1. The highest BCUT2D eigenvalue weighted by atomic mass is 16.5. The van der Waals surface area contributed by atoms with Crippen molar-refractivity contribution in [3.63, 3.8) is 0 Å². The first kappa shape index (κ1) is 28.4. The predicted molar refractivity (Wildman–Crippen MR) is 160 cm³/mol. The van der Waals surface area contributed by atoms with Gasteiger partial charge in [0.25, 0.3) is 11.7 Å². The van der Waals surface area contributed by atoms with Crippen LogP contribution in [0.2, 0.25) is 0 Å². The molecule has 1 aromatic heterocycles. The molecule has 1 fully saturated rings. The minimum absolute atomic E-state index is 0.0518. The molecule has 1 saturated heterocycles. The summed E-state index contributed by atoms with van der Waals surface area (Å²) in [5, 5.41) is 11.4. The molecule has 5 rings (SSSR count). The lowest BCUT2D eigenvalue weighted by atomic mass is 9.95. The molecule has 1 atom stereocenters. The van der Waals surface area contributed by atoms with Crippen LogP contribution >= 0.6 is 0 Å². The molecule has 1 N–H and O–H groups in total. The van der Waals surface area contributed by atoms with E-state index in [1.807, 2.05) is 54.1 Å². The standard InChI is InChI=1S/C34H33N3O5/c1-3-21-41-28-13-9-25(10-14-28)31-30(33(39)34(40)37(31)19-6-18-36-20-17-35-23-36)32(38)26-11-15-29(16-12-26)42-22-27-8-5-4-7-24(27)2/h3-5,7-17,20,23,31,38H,1,6,18-19,21-22H2,2H3/b32-30+. The number of hydrogen-bond donors (Lipinski definition) is 1. The summed E-state index contributed by atoms with van der Waals surface area (Å²) in [5.74, 6) is -0.323. The molecule has 0 bridgehead atoms. The first-order valence-electron chi connectivity index (χ1n) is 13.8. The van der Waals surface area contributed by atoms with Gasteiger partial charge in [-0.05, 0) is 66.4 Å². The van der Waals surface area contributed by atoms with Crippen LogP contribution in [0.15, 0.2) is 110 Å². The Morgan fingerprint density at radius 1 is 0.976 bits per heavy atom. The highest BCUT2D eigenvalue weighted by Crippen LogP contribution is 2.40. The van der Waals surface area contributed by atoms with Crippen LogP contribution in [0, 0.1) is 6.92 Å². The Kier molecular flexibility index (Phi) is 8.82. The van der Waals surface area contributed by atoms with Crippen LogP contribution in [-0.2, 0) is 22.7 Å². The normalized spacial score (nSPS) is 16.0. The Morgan fingerprint density at radius 3 is 2.38 bits per heavy atom. The summed E-state index contributed by atoms with van der Waals surface area (Å²) < 4.78 is 13.5. The van der Waals surface area contributed by atoms with Crippen molar-refractivity contribution in [3.05, 3.63) is 132 Å². The van der Waals surface area contributed by atoms with Gasteiger partial charge >= 0.3 is 0 Å². The zero-order valence-corrected chi connectivity index (χ0v) is 23.5. The number of Topliss-reactive ketones (excluding diaryl/α,β-unsaturated/α-hetero) is 1. The molecule has 3 aromatic carbocycles. The maximum atomic E-state index is 13.4. The largest absolute Gasteiger partial charge is 0.507 e. The summed E-state index contributed by atoms with van der Waals surface area (Å²) in [5.41, 5.74) is 3.39. The topological polar surface area (TPSA) is 93.9 Å². The molecule has 214 valence electrons. The van der Waals surface area contributed by atoms with Gasteiger partial charge in [0.15, 0.2) is 0 Å². The Hall–Kier alpha value is -5.11. The maximum Gasteiger partial charge on any atom is 0.295 e. The highest BCUT2D eigenvalue weighted by molar-refractivity contribution is 6.46. The summed E-state index contributed by atoms with van der Waals surface area (Å²) in [6.07, 6.45) is 7.51. The Morgan fingerprint density at radius 2 is 1.69 bits per heavy atom. The van der Waals surface area contributed by atoms with E-state index in [-0.39, 0.29) is 11.3 Å². The number of rotatable bonds is 12. The number of ketones is 1. The second kappa shape index (κ2) is 13.0. The Labute approximate surface area is 245 Å². The van der Waals surface area contributed by atoms with E-state index in [0.717, 1.165) is 11.1 Å². The van der Waals surface area contributed by atoms with Crippen molar-refractivity contribution < 1.29 is 24.2 Å². The van der Waals surface area contributed by atoms with Crippen LogP contribution < -0.4 is 9.47 Å². The van der Waals surface area contributed by atoms with E-state index in [1.165, 1.54) is 4.90 Å². The Balaban J connectivity index is 1.42. The number of ether oxygens (including phenoxy) is 2. The molecular formula is C34H33N3O5. The molecule has 2 heterocycles. The summed E-state index contributed by atoms with van der Waals surface area (Å²) >= 11 is 0. The molecule has 0 spiro atoms. The molecule has 0 saturated carbocycles. The van der Waals surface area contributed by atoms with Crippen LogP contribution in [0.5, 0.6) is 11.5 Å². The second-order valence-corrected chi connectivity index (χ2v) is 10.1. The zero-order valence-electron chi connectivity index (χ0n) is 23.5. The quantitative estimate of drug-likeness (QED) is 0.101. The summed E-state index contributed by atoms with van der Waals surface area (Å²) in [6.45, 7) is 7.43. The van der Waals surface area contributed by atoms with Crippen LogP contribution in [-0.4, -0.2) is 44.4 Å². The molecule has 1 unspecified atom stereocenters. The molecule has 4 aromatic rings. The van der Waals surface area contributed by atoms with E-state index in [4.69, 9.17) is 9.47 Å². The molecular weight excluding hydrogens is 530 g/mol. The first-order chi connectivity index (χ1) is 20.5. The number of amides is 1.